The average Bonchev–Trinajstić information content (AvgIpc) is 2.55. The number of amides is 2. The Morgan fingerprint density at radius 3 is 2.06 bits per heavy atom. The summed E-state index contributed by atoms with van der Waals surface area (Å²) < 4.78 is 0. The molecular formula is C12H12NO3. The fourth-order valence-corrected chi connectivity index (χ4v) is 1.77. The summed E-state index contributed by atoms with van der Waals surface area (Å²) in [7, 11) is 0. The van der Waals surface area contributed by atoms with Crippen molar-refractivity contribution in [2.75, 3.05) is 13.2 Å². The van der Waals surface area contributed by atoms with Crippen LogP contribution in [0.25, 0.3) is 0 Å². The lowest BCUT2D eigenvalue weighted by atomic mass is 10.1. The first-order chi connectivity index (χ1) is 7.65. The lowest BCUT2D eigenvalue weighted by Gasteiger charge is -2.16. The first-order valence-electron chi connectivity index (χ1n) is 5.18. The minimum atomic E-state index is -0.291. The largest absolute Gasteiger partial charge is 0.274 e. The molecule has 1 radical (unpaired) electrons. The number of carbonyl (C=O) groups excluding carboxylic acids is 2. The molecule has 1 unspecified atom stereocenters. The molecule has 16 heavy (non-hydrogen) atoms. The van der Waals surface area contributed by atoms with Gasteiger partial charge in [0.25, 0.3) is 11.8 Å². The number of fused-ring (bicyclic) bond motifs is 1. The first-order valence-corrected chi connectivity index (χ1v) is 5.18. The molecular weight excluding hydrogens is 206 g/mol. The minimum absolute atomic E-state index is 0.204. The fourth-order valence-electron chi connectivity index (χ4n) is 1.77. The number of imide groups is 1. The van der Waals surface area contributed by atoms with Crippen LogP contribution in [0.3, 0.4) is 0 Å². The SMILES string of the molecule is CC(C[O])CN1C(=O)c2ccccc2C1=O. The second-order valence-electron chi connectivity index (χ2n) is 4.04. The summed E-state index contributed by atoms with van der Waals surface area (Å²) in [5.74, 6) is -0.788. The molecule has 0 fully saturated rings. The highest BCUT2D eigenvalue weighted by atomic mass is 16.3. The summed E-state index contributed by atoms with van der Waals surface area (Å²) in [6.45, 7) is 1.65. The van der Waals surface area contributed by atoms with Crippen molar-refractivity contribution in [1.29, 1.82) is 0 Å². The van der Waals surface area contributed by atoms with E-state index < -0.39 is 0 Å². The van der Waals surface area contributed by atoms with Gasteiger partial charge in [-0.1, -0.05) is 19.1 Å². The van der Waals surface area contributed by atoms with Crippen molar-refractivity contribution in [2.45, 2.75) is 6.92 Å². The van der Waals surface area contributed by atoms with Gasteiger partial charge in [0.05, 0.1) is 17.7 Å². The third-order valence-electron chi connectivity index (χ3n) is 2.66. The van der Waals surface area contributed by atoms with Crippen molar-refractivity contribution in [1.82, 2.24) is 4.90 Å². The molecule has 2 amide bonds. The van der Waals surface area contributed by atoms with Gasteiger partial charge in [-0.05, 0) is 12.1 Å². The van der Waals surface area contributed by atoms with Crippen LogP contribution in [0.1, 0.15) is 27.6 Å². The number of carbonyl (C=O) groups is 2. The first kappa shape index (κ1) is 10.8. The highest BCUT2D eigenvalue weighted by molar-refractivity contribution is 6.21. The number of hydrogen-bond acceptors (Lipinski definition) is 2. The Labute approximate surface area is 93.5 Å². The van der Waals surface area contributed by atoms with Crippen molar-refractivity contribution in [3.05, 3.63) is 35.4 Å². The van der Waals surface area contributed by atoms with Gasteiger partial charge >= 0.3 is 0 Å². The predicted molar refractivity (Wildman–Crippen MR) is 56.5 cm³/mol. The van der Waals surface area contributed by atoms with Crippen LogP contribution in [0.4, 0.5) is 0 Å². The van der Waals surface area contributed by atoms with Gasteiger partial charge in [-0.25, -0.2) is 5.11 Å². The van der Waals surface area contributed by atoms with Crippen molar-refractivity contribution in [3.63, 3.8) is 0 Å². The van der Waals surface area contributed by atoms with Crippen molar-refractivity contribution >= 4 is 11.8 Å². The quantitative estimate of drug-likeness (QED) is 0.719. The zero-order chi connectivity index (χ0) is 11.7. The van der Waals surface area contributed by atoms with Crippen LogP contribution in [0.5, 0.6) is 0 Å². The van der Waals surface area contributed by atoms with Crippen molar-refractivity contribution < 1.29 is 14.7 Å². The molecule has 1 atom stereocenters. The Bertz CT molecular complexity index is 407. The standard InChI is InChI=1S/C12H12NO3/c1-8(7-14)6-13-11(15)9-4-2-3-5-10(9)12(13)16/h2-5,8H,6-7H2,1H3. The van der Waals surface area contributed by atoms with Crippen LogP contribution in [-0.2, 0) is 5.11 Å². The van der Waals surface area contributed by atoms with E-state index in [9.17, 15) is 14.7 Å². The summed E-state index contributed by atoms with van der Waals surface area (Å²) in [5, 5.41) is 10.7. The van der Waals surface area contributed by atoms with Gasteiger partial charge in [0.1, 0.15) is 0 Å². The molecule has 0 aliphatic carbocycles. The highest BCUT2D eigenvalue weighted by Crippen LogP contribution is 2.23. The second-order valence-corrected chi connectivity index (χ2v) is 4.04. The Kier molecular flexibility index (Phi) is 2.75. The fraction of sp³-hybridized carbons (Fsp3) is 0.333. The Hall–Kier alpha value is -1.68. The molecule has 4 nitrogen and oxygen atoms in total. The molecule has 1 aliphatic rings. The summed E-state index contributed by atoms with van der Waals surface area (Å²) >= 11 is 0. The van der Waals surface area contributed by atoms with Gasteiger partial charge < -0.3 is 0 Å². The van der Waals surface area contributed by atoms with Crippen LogP contribution in [-0.4, -0.2) is 29.9 Å². The topological polar surface area (TPSA) is 57.3 Å². The monoisotopic (exact) mass is 218 g/mol. The molecule has 0 saturated heterocycles. The Balaban J connectivity index is 2.28. The zero-order valence-electron chi connectivity index (χ0n) is 8.97. The average molecular weight is 218 g/mol. The molecule has 83 valence electrons. The molecule has 1 aromatic rings. The molecule has 0 spiro atoms. The summed E-state index contributed by atoms with van der Waals surface area (Å²) in [5.41, 5.74) is 0.871. The van der Waals surface area contributed by atoms with E-state index in [1.54, 1.807) is 31.2 Å². The smallest absolute Gasteiger partial charge is 0.261 e. The van der Waals surface area contributed by atoms with Gasteiger partial charge in [0, 0.05) is 12.5 Å². The van der Waals surface area contributed by atoms with Crippen molar-refractivity contribution in [2.24, 2.45) is 5.92 Å². The van der Waals surface area contributed by atoms with Gasteiger partial charge in [-0.3, -0.25) is 14.5 Å². The van der Waals surface area contributed by atoms with E-state index in [4.69, 9.17) is 0 Å². The van der Waals surface area contributed by atoms with Crippen LogP contribution in [0, 0.1) is 5.92 Å². The second kappa shape index (κ2) is 4.06. The van der Waals surface area contributed by atoms with Gasteiger partial charge in [-0.2, -0.15) is 0 Å². The normalized spacial score (nSPS) is 16.5. The lowest BCUT2D eigenvalue weighted by Crippen LogP contribution is -2.34. The summed E-state index contributed by atoms with van der Waals surface area (Å²) in [6, 6.07) is 6.73. The number of benzene rings is 1. The Morgan fingerprint density at radius 2 is 1.62 bits per heavy atom. The lowest BCUT2D eigenvalue weighted by molar-refractivity contribution is 0.0590. The molecule has 1 heterocycles. The molecule has 0 saturated carbocycles. The molecule has 4 heteroatoms. The van der Waals surface area contributed by atoms with E-state index in [2.05, 4.69) is 0 Å². The number of nitrogens with zero attached hydrogens (tertiary/aromatic N) is 1. The molecule has 0 aromatic heterocycles. The molecule has 0 N–H and O–H groups in total. The zero-order valence-corrected chi connectivity index (χ0v) is 8.97. The third-order valence-corrected chi connectivity index (χ3v) is 2.66. The molecule has 2 rings (SSSR count). The van der Waals surface area contributed by atoms with Crippen LogP contribution < -0.4 is 0 Å². The molecule has 0 bridgehead atoms. The van der Waals surface area contributed by atoms with E-state index in [1.807, 2.05) is 0 Å². The molecule has 1 aromatic carbocycles. The maximum absolute atomic E-state index is 11.9. The van der Waals surface area contributed by atoms with E-state index in [-0.39, 0.29) is 30.9 Å². The molecule has 1 aliphatic heterocycles. The van der Waals surface area contributed by atoms with Crippen LogP contribution in [0.15, 0.2) is 24.3 Å². The van der Waals surface area contributed by atoms with E-state index in [0.717, 1.165) is 4.90 Å². The predicted octanol–water partition coefficient (Wildman–Crippen LogP) is 1.35. The van der Waals surface area contributed by atoms with Crippen LogP contribution in [0.2, 0.25) is 0 Å². The highest BCUT2D eigenvalue weighted by Gasteiger charge is 2.35. The third kappa shape index (κ3) is 1.61. The van der Waals surface area contributed by atoms with Gasteiger partial charge in [0.2, 0.25) is 0 Å². The number of hydrogen-bond donors (Lipinski definition) is 0. The van der Waals surface area contributed by atoms with E-state index in [0.29, 0.717) is 11.1 Å². The van der Waals surface area contributed by atoms with Gasteiger partial charge in [-0.15, -0.1) is 0 Å². The minimum Gasteiger partial charge on any atom is -0.274 e. The van der Waals surface area contributed by atoms with Crippen molar-refractivity contribution in [3.8, 4) is 0 Å². The summed E-state index contributed by atoms with van der Waals surface area (Å²) in [6.07, 6.45) is 0. The Morgan fingerprint density at radius 1 is 1.12 bits per heavy atom. The van der Waals surface area contributed by atoms with Crippen LogP contribution >= 0.6 is 0 Å². The maximum atomic E-state index is 11.9. The maximum Gasteiger partial charge on any atom is 0.261 e. The summed E-state index contributed by atoms with van der Waals surface area (Å²) in [4.78, 5) is 24.9. The van der Waals surface area contributed by atoms with Gasteiger partial charge in [0.15, 0.2) is 0 Å². The van der Waals surface area contributed by atoms with E-state index in [1.165, 1.54) is 0 Å². The number of rotatable bonds is 3. The van der Waals surface area contributed by atoms with E-state index >= 15 is 0 Å².